The van der Waals surface area contributed by atoms with E-state index < -0.39 is 0 Å². The van der Waals surface area contributed by atoms with E-state index in [9.17, 15) is 4.79 Å². The molecule has 7 nitrogen and oxygen atoms in total. The molecule has 0 saturated carbocycles. The number of nitrogens with one attached hydrogen (secondary N) is 1. The number of aromatic nitrogens is 3. The number of nitrogens with zero attached hydrogens (tertiary/aromatic N) is 4. The van der Waals surface area contributed by atoms with Gasteiger partial charge >= 0.3 is 0 Å². The van der Waals surface area contributed by atoms with Gasteiger partial charge in [-0.2, -0.15) is 5.26 Å². The molecular formula is C13H12ClN5O2. The van der Waals surface area contributed by atoms with Crippen LogP contribution >= 0.6 is 11.6 Å². The monoisotopic (exact) mass is 305 g/mol. The minimum absolute atomic E-state index is 0.0687. The summed E-state index contributed by atoms with van der Waals surface area (Å²) in [5.74, 6) is 0.207. The minimum Gasteiger partial charge on any atom is -0.495 e. The van der Waals surface area contributed by atoms with Gasteiger partial charge in [-0.3, -0.25) is 9.36 Å². The number of aryl methyl sites for hydroxylation is 1. The number of benzene rings is 1. The van der Waals surface area contributed by atoms with Crippen LogP contribution in [0, 0.1) is 18.3 Å². The molecule has 0 radical (unpaired) electrons. The van der Waals surface area contributed by atoms with E-state index in [0.717, 1.165) is 5.56 Å². The van der Waals surface area contributed by atoms with E-state index in [1.54, 1.807) is 12.1 Å². The number of hydrogen-bond acceptors (Lipinski definition) is 5. The van der Waals surface area contributed by atoms with Gasteiger partial charge in [-0.1, -0.05) is 11.6 Å². The van der Waals surface area contributed by atoms with E-state index >= 15 is 0 Å². The molecule has 1 aromatic heterocycles. The van der Waals surface area contributed by atoms with Crippen molar-refractivity contribution in [3.63, 3.8) is 0 Å². The SMILES string of the molecule is COc1cc(Cl)c(C)cc1NC(=O)Cn1cnnc1C#N. The Hall–Kier alpha value is -2.59. The molecule has 2 rings (SSSR count). The molecule has 0 unspecified atom stereocenters. The normalized spacial score (nSPS) is 10.0. The first kappa shape index (κ1) is 14.8. The maximum absolute atomic E-state index is 12.0. The lowest BCUT2D eigenvalue weighted by Crippen LogP contribution is -2.19. The smallest absolute Gasteiger partial charge is 0.244 e. The van der Waals surface area contributed by atoms with Gasteiger partial charge in [0.2, 0.25) is 11.7 Å². The highest BCUT2D eigenvalue weighted by molar-refractivity contribution is 6.31. The predicted molar refractivity (Wildman–Crippen MR) is 76.1 cm³/mol. The first-order valence-electron chi connectivity index (χ1n) is 5.97. The summed E-state index contributed by atoms with van der Waals surface area (Å²) in [4.78, 5) is 12.0. The van der Waals surface area contributed by atoms with Crippen molar-refractivity contribution < 1.29 is 9.53 Å². The minimum atomic E-state index is -0.327. The summed E-state index contributed by atoms with van der Waals surface area (Å²) in [7, 11) is 1.49. The average molecular weight is 306 g/mol. The van der Waals surface area contributed by atoms with Crippen LogP contribution in [0.5, 0.6) is 5.75 Å². The Labute approximate surface area is 126 Å². The molecule has 1 heterocycles. The lowest BCUT2D eigenvalue weighted by molar-refractivity contribution is -0.116. The van der Waals surface area contributed by atoms with Crippen molar-refractivity contribution in [3.05, 3.63) is 34.9 Å². The fourth-order valence-corrected chi connectivity index (χ4v) is 1.89. The molecule has 1 aromatic carbocycles. The molecule has 0 fully saturated rings. The lowest BCUT2D eigenvalue weighted by atomic mass is 10.2. The van der Waals surface area contributed by atoms with Gasteiger partial charge in [0.05, 0.1) is 12.8 Å². The predicted octanol–water partition coefficient (Wildman–Crippen LogP) is 1.76. The molecule has 2 aromatic rings. The van der Waals surface area contributed by atoms with Gasteiger partial charge in [-0.25, -0.2) is 0 Å². The van der Waals surface area contributed by atoms with Crippen LogP contribution in [0.3, 0.4) is 0 Å². The topological polar surface area (TPSA) is 92.8 Å². The molecule has 1 amide bonds. The number of amides is 1. The van der Waals surface area contributed by atoms with Crippen LogP contribution in [0.1, 0.15) is 11.4 Å². The molecule has 1 N–H and O–H groups in total. The number of carbonyl (C=O) groups excluding carboxylic acids is 1. The van der Waals surface area contributed by atoms with Crippen molar-refractivity contribution in [2.45, 2.75) is 13.5 Å². The molecule has 0 bridgehead atoms. The first-order chi connectivity index (χ1) is 10.0. The molecule has 0 aliphatic heterocycles. The van der Waals surface area contributed by atoms with E-state index in [1.165, 1.54) is 18.0 Å². The maximum atomic E-state index is 12.0. The molecule has 8 heteroatoms. The quantitative estimate of drug-likeness (QED) is 0.929. The number of nitriles is 1. The standard InChI is InChI=1S/C13H12ClN5O2/c1-8-3-10(11(21-2)4-9(8)14)17-13(20)6-19-7-16-18-12(19)5-15/h3-4,7H,6H2,1-2H3,(H,17,20). The fourth-order valence-electron chi connectivity index (χ4n) is 1.73. The number of rotatable bonds is 4. The molecule has 108 valence electrons. The summed E-state index contributed by atoms with van der Waals surface area (Å²) < 4.78 is 6.53. The largest absolute Gasteiger partial charge is 0.495 e. The van der Waals surface area contributed by atoms with Crippen LogP contribution in [-0.2, 0) is 11.3 Å². The molecule has 21 heavy (non-hydrogen) atoms. The van der Waals surface area contributed by atoms with Crippen LogP contribution in [0.2, 0.25) is 5.02 Å². The van der Waals surface area contributed by atoms with Crippen molar-refractivity contribution in [2.24, 2.45) is 0 Å². The third-order valence-corrected chi connectivity index (χ3v) is 3.19. The Bertz CT molecular complexity index is 720. The van der Waals surface area contributed by atoms with Crippen LogP contribution in [0.15, 0.2) is 18.5 Å². The number of halogens is 1. The average Bonchev–Trinajstić information content (AvgIpc) is 2.89. The number of ether oxygens (including phenoxy) is 1. The van der Waals surface area contributed by atoms with E-state index in [1.807, 2.05) is 13.0 Å². The van der Waals surface area contributed by atoms with Gasteiger partial charge in [0, 0.05) is 11.1 Å². The summed E-state index contributed by atoms with van der Waals surface area (Å²) >= 11 is 6.01. The second kappa shape index (κ2) is 6.24. The van der Waals surface area contributed by atoms with Crippen LogP contribution in [0.25, 0.3) is 0 Å². The third-order valence-electron chi connectivity index (χ3n) is 2.78. The lowest BCUT2D eigenvalue weighted by Gasteiger charge is -2.12. The maximum Gasteiger partial charge on any atom is 0.244 e. The van der Waals surface area contributed by atoms with E-state index in [0.29, 0.717) is 16.5 Å². The van der Waals surface area contributed by atoms with Crippen molar-refractivity contribution in [1.82, 2.24) is 14.8 Å². The van der Waals surface area contributed by atoms with Gasteiger partial charge < -0.3 is 10.1 Å². The van der Waals surface area contributed by atoms with Gasteiger partial charge in [-0.15, -0.1) is 10.2 Å². The Morgan fingerprint density at radius 3 is 3.00 bits per heavy atom. The van der Waals surface area contributed by atoms with Crippen molar-refractivity contribution in [2.75, 3.05) is 12.4 Å². The zero-order valence-corrected chi connectivity index (χ0v) is 12.2. The second-order valence-electron chi connectivity index (χ2n) is 4.24. The number of methoxy groups -OCH3 is 1. The highest BCUT2D eigenvalue weighted by atomic mass is 35.5. The van der Waals surface area contributed by atoms with E-state index in [4.69, 9.17) is 21.6 Å². The molecule has 0 saturated heterocycles. The van der Waals surface area contributed by atoms with Gasteiger partial charge in [0.25, 0.3) is 0 Å². The molecule has 0 spiro atoms. The number of carbonyl (C=O) groups is 1. The summed E-state index contributed by atoms with van der Waals surface area (Å²) in [5, 5.41) is 19.2. The summed E-state index contributed by atoms with van der Waals surface area (Å²) in [5.41, 5.74) is 1.32. The highest BCUT2D eigenvalue weighted by Gasteiger charge is 2.12. The van der Waals surface area contributed by atoms with Crippen LogP contribution in [0.4, 0.5) is 5.69 Å². The van der Waals surface area contributed by atoms with Crippen molar-refractivity contribution in [3.8, 4) is 11.8 Å². The highest BCUT2D eigenvalue weighted by Crippen LogP contribution is 2.30. The number of hydrogen-bond donors (Lipinski definition) is 1. The van der Waals surface area contributed by atoms with Gasteiger partial charge in [0.1, 0.15) is 24.7 Å². The van der Waals surface area contributed by atoms with Crippen LogP contribution in [-0.4, -0.2) is 27.8 Å². The number of anilines is 1. The Balaban J connectivity index is 2.17. The summed E-state index contributed by atoms with van der Waals surface area (Å²) in [6, 6.07) is 5.20. The first-order valence-corrected chi connectivity index (χ1v) is 6.35. The zero-order chi connectivity index (χ0) is 15.4. The summed E-state index contributed by atoms with van der Waals surface area (Å²) in [6.45, 7) is 1.76. The molecule has 0 aliphatic rings. The molecule has 0 aliphatic carbocycles. The van der Waals surface area contributed by atoms with Gasteiger partial charge in [0.15, 0.2) is 0 Å². The Morgan fingerprint density at radius 2 is 2.33 bits per heavy atom. The Kier molecular flexibility index (Phi) is 4.40. The van der Waals surface area contributed by atoms with E-state index in [2.05, 4.69) is 15.5 Å². The molecular weight excluding hydrogens is 294 g/mol. The summed E-state index contributed by atoms with van der Waals surface area (Å²) in [6.07, 6.45) is 1.32. The van der Waals surface area contributed by atoms with Crippen molar-refractivity contribution >= 4 is 23.2 Å². The van der Waals surface area contributed by atoms with Gasteiger partial charge in [-0.05, 0) is 18.6 Å². The van der Waals surface area contributed by atoms with Crippen LogP contribution < -0.4 is 10.1 Å². The zero-order valence-electron chi connectivity index (χ0n) is 11.4. The second-order valence-corrected chi connectivity index (χ2v) is 4.65. The van der Waals surface area contributed by atoms with E-state index in [-0.39, 0.29) is 18.3 Å². The Morgan fingerprint density at radius 1 is 1.57 bits per heavy atom. The third kappa shape index (κ3) is 3.30. The molecule has 0 atom stereocenters. The van der Waals surface area contributed by atoms with Crippen molar-refractivity contribution in [1.29, 1.82) is 5.26 Å². The fraction of sp³-hybridized carbons (Fsp3) is 0.231.